The fourth-order valence-corrected chi connectivity index (χ4v) is 7.52. The van der Waals surface area contributed by atoms with E-state index in [1.54, 1.807) is 9.80 Å². The van der Waals surface area contributed by atoms with Gasteiger partial charge in [-0.2, -0.15) is 9.97 Å². The molecule has 4 fully saturated rings. The van der Waals surface area contributed by atoms with Crippen molar-refractivity contribution in [3.05, 3.63) is 41.5 Å². The third kappa shape index (κ3) is 4.71. The number of aromatic nitrogens is 3. The molecule has 1 N–H and O–H groups in total. The summed E-state index contributed by atoms with van der Waals surface area (Å²) in [6, 6.07) is 3.81. The lowest BCUT2D eigenvalue weighted by atomic mass is 9.95. The number of anilines is 1. The molecule has 0 amide bonds. The number of phenols is 1. The fourth-order valence-electron chi connectivity index (χ4n) is 7.52. The zero-order valence-corrected chi connectivity index (χ0v) is 25.3. The van der Waals surface area contributed by atoms with Crippen LogP contribution in [0.1, 0.15) is 27.6 Å². The second kappa shape index (κ2) is 11.1. The van der Waals surface area contributed by atoms with Gasteiger partial charge in [0.15, 0.2) is 5.82 Å². The molecular formula is C34H31F4N5O4. The first-order valence-electron chi connectivity index (χ1n) is 16.4. The Hall–Kier alpha value is -4.41. The SMILES string of the molecule is [2H]C([2H])(Oc1nc(N2CCOC[C@H]3[C@H](F)[C@H]32)c2c(OC)nc(-c3cc(O)cc4ccc(F)c(C#C)c34)c(F)c2n1)[C@@]12CCCN1C[C@H](F)C2. The van der Waals surface area contributed by atoms with Crippen LogP contribution in [0.5, 0.6) is 17.6 Å². The fraction of sp³-hybridized carbons (Fsp3) is 0.441. The number of pyridine rings is 1. The molecular weight excluding hydrogens is 618 g/mol. The maximum atomic E-state index is 17.1. The van der Waals surface area contributed by atoms with Crippen molar-refractivity contribution in [1.29, 1.82) is 0 Å². The molecule has 8 rings (SSSR count). The second-order valence-electron chi connectivity index (χ2n) is 12.4. The highest BCUT2D eigenvalue weighted by Crippen LogP contribution is 2.47. The van der Waals surface area contributed by atoms with Gasteiger partial charge in [-0.25, -0.2) is 22.5 Å². The van der Waals surface area contributed by atoms with E-state index >= 15 is 8.78 Å². The van der Waals surface area contributed by atoms with E-state index in [1.165, 1.54) is 25.3 Å². The molecule has 0 bridgehead atoms. The topological polar surface area (TPSA) is 93.1 Å². The number of hydrogen-bond acceptors (Lipinski definition) is 9. The van der Waals surface area contributed by atoms with E-state index in [9.17, 15) is 13.9 Å². The van der Waals surface area contributed by atoms with Gasteiger partial charge in [0.25, 0.3) is 0 Å². The molecule has 5 atom stereocenters. The lowest BCUT2D eigenvalue weighted by Gasteiger charge is -2.31. The van der Waals surface area contributed by atoms with Gasteiger partial charge in [-0.3, -0.25) is 4.90 Å². The molecule has 1 aliphatic carbocycles. The van der Waals surface area contributed by atoms with Crippen LogP contribution in [0.2, 0.25) is 0 Å². The van der Waals surface area contributed by atoms with Crippen molar-refractivity contribution in [1.82, 2.24) is 19.9 Å². The smallest absolute Gasteiger partial charge is 0.319 e. The van der Waals surface area contributed by atoms with Crippen LogP contribution in [-0.2, 0) is 4.74 Å². The number of hydrogen-bond donors (Lipinski definition) is 1. The summed E-state index contributed by atoms with van der Waals surface area (Å²) in [4.78, 5) is 16.7. The summed E-state index contributed by atoms with van der Waals surface area (Å²) in [5, 5.41) is 11.0. The summed E-state index contributed by atoms with van der Waals surface area (Å²) in [6.07, 6.45) is 3.99. The minimum Gasteiger partial charge on any atom is -0.508 e. The van der Waals surface area contributed by atoms with Crippen molar-refractivity contribution in [2.45, 2.75) is 43.2 Å². The van der Waals surface area contributed by atoms with E-state index in [0.717, 1.165) is 6.07 Å². The van der Waals surface area contributed by atoms with E-state index in [2.05, 4.69) is 20.9 Å². The molecule has 4 aromatic rings. The van der Waals surface area contributed by atoms with Gasteiger partial charge in [0.1, 0.15) is 52.9 Å². The average Bonchev–Trinajstić information content (AvgIpc) is 3.42. The molecule has 3 saturated heterocycles. The van der Waals surface area contributed by atoms with E-state index in [-0.39, 0.29) is 72.1 Å². The van der Waals surface area contributed by atoms with E-state index < -0.39 is 65.3 Å². The van der Waals surface area contributed by atoms with Crippen molar-refractivity contribution >= 4 is 27.5 Å². The predicted molar refractivity (Wildman–Crippen MR) is 165 cm³/mol. The Morgan fingerprint density at radius 3 is 2.85 bits per heavy atom. The molecule has 0 spiro atoms. The van der Waals surface area contributed by atoms with Gasteiger partial charge in [0.2, 0.25) is 5.88 Å². The van der Waals surface area contributed by atoms with Gasteiger partial charge in [-0.1, -0.05) is 12.0 Å². The third-order valence-corrected chi connectivity index (χ3v) is 9.74. The normalized spacial score (nSPS) is 28.0. The van der Waals surface area contributed by atoms with E-state index in [1.807, 2.05) is 0 Å². The number of halogens is 4. The zero-order chi connectivity index (χ0) is 34.4. The van der Waals surface area contributed by atoms with Crippen molar-refractivity contribution < 1.29 is 39.6 Å². The summed E-state index contributed by atoms with van der Waals surface area (Å²) in [5.41, 5.74) is -2.37. The molecule has 13 heteroatoms. The van der Waals surface area contributed by atoms with Gasteiger partial charge in [0, 0.05) is 36.4 Å². The molecule has 1 saturated carbocycles. The molecule has 4 aliphatic rings. The number of benzene rings is 2. The Bertz CT molecular complexity index is 2070. The molecule has 244 valence electrons. The zero-order valence-electron chi connectivity index (χ0n) is 27.3. The van der Waals surface area contributed by atoms with Crippen molar-refractivity contribution in [2.24, 2.45) is 5.92 Å². The van der Waals surface area contributed by atoms with Gasteiger partial charge in [-0.05, 0) is 43.0 Å². The molecule has 5 heterocycles. The Morgan fingerprint density at radius 2 is 2.04 bits per heavy atom. The lowest BCUT2D eigenvalue weighted by molar-refractivity contribution is 0.107. The summed E-state index contributed by atoms with van der Waals surface area (Å²) >= 11 is 0. The quantitative estimate of drug-likeness (QED) is 0.230. The van der Waals surface area contributed by atoms with Crippen LogP contribution in [-0.4, -0.2) is 95.4 Å². The monoisotopic (exact) mass is 651 g/mol. The Kier molecular flexibility index (Phi) is 6.53. The van der Waals surface area contributed by atoms with Crippen LogP contribution in [0.25, 0.3) is 32.9 Å². The number of rotatable bonds is 6. The standard InChI is InChI=1S/C34H31F4N5O4/c1-3-20-23(36)6-5-17-11-19(44)12-21(24(17)20)28-27(38)29-25(32(39-28)45-2)31(43-9-10-46-15-22-26(37)30(22)43)41-33(40-29)47-16-34-7-4-8-42(34)14-18(35)13-34/h1,5-6,11-12,18,22,26,30,44H,4,7-10,13-16H2,2H3/t18-,22+,26+,30+,34+/m1/s1/i16D2. The maximum Gasteiger partial charge on any atom is 0.319 e. The Morgan fingerprint density at radius 1 is 1.19 bits per heavy atom. The van der Waals surface area contributed by atoms with Gasteiger partial charge in [0.05, 0.1) is 40.2 Å². The number of phenolic OH excluding ortho intramolecular Hbond substituents is 1. The first kappa shape index (κ1) is 27.7. The molecule has 0 radical (unpaired) electrons. The minimum absolute atomic E-state index is 0.0158. The summed E-state index contributed by atoms with van der Waals surface area (Å²) in [7, 11) is 1.29. The number of ether oxygens (including phenoxy) is 3. The van der Waals surface area contributed by atoms with Crippen LogP contribution in [0, 0.1) is 29.9 Å². The number of fused-ring (bicyclic) bond motifs is 4. The van der Waals surface area contributed by atoms with Crippen molar-refractivity contribution in [3.8, 4) is 41.2 Å². The molecule has 0 unspecified atom stereocenters. The van der Waals surface area contributed by atoms with Gasteiger partial charge >= 0.3 is 6.01 Å². The summed E-state index contributed by atoms with van der Waals surface area (Å²) in [5.74, 6) is -0.468. The highest BCUT2D eigenvalue weighted by atomic mass is 19.1. The number of methoxy groups -OCH3 is 1. The van der Waals surface area contributed by atoms with Crippen LogP contribution in [0.4, 0.5) is 23.4 Å². The minimum atomic E-state index is -2.51. The van der Waals surface area contributed by atoms with E-state index in [0.29, 0.717) is 24.8 Å². The van der Waals surface area contributed by atoms with Crippen LogP contribution in [0.3, 0.4) is 0 Å². The Balaban J connectivity index is 1.37. The Labute approximate surface area is 270 Å². The predicted octanol–water partition coefficient (Wildman–Crippen LogP) is 4.95. The van der Waals surface area contributed by atoms with Gasteiger partial charge in [-0.15, -0.1) is 6.42 Å². The molecule has 2 aromatic carbocycles. The molecule has 47 heavy (non-hydrogen) atoms. The first-order chi connectivity index (χ1) is 23.5. The molecule has 9 nitrogen and oxygen atoms in total. The van der Waals surface area contributed by atoms with Crippen LogP contribution < -0.4 is 14.4 Å². The maximum absolute atomic E-state index is 17.1. The van der Waals surface area contributed by atoms with Crippen LogP contribution >= 0.6 is 0 Å². The average molecular weight is 652 g/mol. The van der Waals surface area contributed by atoms with Crippen molar-refractivity contribution in [2.75, 3.05) is 51.4 Å². The highest BCUT2D eigenvalue weighted by Gasteiger charge is 2.57. The molecule has 2 aromatic heterocycles. The number of aromatic hydroxyl groups is 1. The van der Waals surface area contributed by atoms with E-state index in [4.69, 9.17) is 23.4 Å². The number of terminal acetylenes is 1. The lowest BCUT2D eigenvalue weighted by Crippen LogP contribution is -2.43. The summed E-state index contributed by atoms with van der Waals surface area (Å²) in [6.45, 7) is -1.45. The van der Waals surface area contributed by atoms with Crippen LogP contribution in [0.15, 0.2) is 24.3 Å². The molecule has 3 aliphatic heterocycles. The summed E-state index contributed by atoms with van der Waals surface area (Å²) < 4.78 is 97.1. The largest absolute Gasteiger partial charge is 0.508 e. The first-order valence-corrected chi connectivity index (χ1v) is 15.4. The second-order valence-corrected chi connectivity index (χ2v) is 12.4. The number of nitrogens with zero attached hydrogens (tertiary/aromatic N) is 5. The van der Waals surface area contributed by atoms with Crippen molar-refractivity contribution in [3.63, 3.8) is 0 Å². The highest BCUT2D eigenvalue weighted by molar-refractivity contribution is 6.04. The number of alkyl halides is 2. The third-order valence-electron chi connectivity index (χ3n) is 9.74. The van der Waals surface area contributed by atoms with Gasteiger partial charge < -0.3 is 24.2 Å².